The Morgan fingerprint density at radius 1 is 1.50 bits per heavy atom. The van der Waals surface area contributed by atoms with Crippen molar-refractivity contribution in [3.8, 4) is 0 Å². The maximum Gasteiger partial charge on any atom is 0.229 e. The molecule has 2 nitrogen and oxygen atoms in total. The Morgan fingerprint density at radius 3 is 2.10 bits per heavy atom. The van der Waals surface area contributed by atoms with Gasteiger partial charge in [-0.05, 0) is 11.8 Å². The molecule has 0 saturated carbocycles. The lowest BCUT2D eigenvalue weighted by Gasteiger charge is -2.20. The lowest BCUT2D eigenvalue weighted by Crippen LogP contribution is -2.20. The van der Waals surface area contributed by atoms with E-state index in [4.69, 9.17) is 4.74 Å². The first-order chi connectivity index (χ1) is 4.49. The van der Waals surface area contributed by atoms with Crippen LogP contribution >= 0.6 is 0 Å². The SMILES string of the molecule is COC([C]=O)CC(C)(C)C. The summed E-state index contributed by atoms with van der Waals surface area (Å²) in [6, 6.07) is 0. The van der Waals surface area contributed by atoms with Gasteiger partial charge in [0, 0.05) is 7.11 Å². The molecule has 1 radical (unpaired) electrons. The smallest absolute Gasteiger partial charge is 0.229 e. The van der Waals surface area contributed by atoms with Gasteiger partial charge in [0.15, 0.2) is 0 Å². The first-order valence-corrected chi connectivity index (χ1v) is 3.40. The predicted molar refractivity (Wildman–Crippen MR) is 40.6 cm³/mol. The summed E-state index contributed by atoms with van der Waals surface area (Å²) in [6.45, 7) is 6.20. The number of methoxy groups -OCH3 is 1. The molecule has 2 heteroatoms. The van der Waals surface area contributed by atoms with Crippen molar-refractivity contribution >= 4 is 6.29 Å². The van der Waals surface area contributed by atoms with Crippen LogP contribution in [-0.2, 0) is 9.53 Å². The summed E-state index contributed by atoms with van der Waals surface area (Å²) in [5.41, 5.74) is 0.137. The van der Waals surface area contributed by atoms with Crippen LogP contribution in [0.5, 0.6) is 0 Å². The highest BCUT2D eigenvalue weighted by molar-refractivity contribution is 5.56. The highest BCUT2D eigenvalue weighted by Crippen LogP contribution is 2.20. The zero-order valence-electron chi connectivity index (χ0n) is 7.10. The second-order valence-corrected chi connectivity index (χ2v) is 3.61. The number of hydrogen-bond donors (Lipinski definition) is 0. The summed E-state index contributed by atoms with van der Waals surface area (Å²) < 4.78 is 4.85. The van der Waals surface area contributed by atoms with Crippen molar-refractivity contribution in [1.29, 1.82) is 0 Å². The minimum Gasteiger partial charge on any atom is -0.373 e. The molecule has 0 rings (SSSR count). The summed E-state index contributed by atoms with van der Waals surface area (Å²) in [6.07, 6.45) is 2.20. The van der Waals surface area contributed by atoms with Crippen LogP contribution in [0.4, 0.5) is 0 Å². The molecule has 0 saturated heterocycles. The van der Waals surface area contributed by atoms with Crippen LogP contribution < -0.4 is 0 Å². The minimum atomic E-state index is -0.361. The lowest BCUT2D eigenvalue weighted by atomic mass is 9.89. The minimum absolute atomic E-state index is 0.137. The van der Waals surface area contributed by atoms with Gasteiger partial charge in [0.05, 0.1) is 0 Å². The molecule has 0 spiro atoms. The average Bonchev–Trinajstić information content (AvgIpc) is 1.81. The molecular weight excluding hydrogens is 128 g/mol. The number of rotatable bonds is 3. The first-order valence-electron chi connectivity index (χ1n) is 3.40. The van der Waals surface area contributed by atoms with Crippen molar-refractivity contribution in [3.05, 3.63) is 0 Å². The van der Waals surface area contributed by atoms with E-state index >= 15 is 0 Å². The van der Waals surface area contributed by atoms with Gasteiger partial charge in [-0.2, -0.15) is 0 Å². The van der Waals surface area contributed by atoms with Gasteiger partial charge >= 0.3 is 0 Å². The molecule has 0 aliphatic carbocycles. The van der Waals surface area contributed by atoms with E-state index in [0.717, 1.165) is 6.42 Å². The molecule has 0 aromatic carbocycles. The van der Waals surface area contributed by atoms with Crippen LogP contribution in [0.25, 0.3) is 0 Å². The van der Waals surface area contributed by atoms with E-state index in [-0.39, 0.29) is 11.5 Å². The Bertz CT molecular complexity index is 102. The Morgan fingerprint density at radius 2 is 2.00 bits per heavy atom. The van der Waals surface area contributed by atoms with E-state index in [2.05, 4.69) is 20.8 Å². The van der Waals surface area contributed by atoms with Crippen molar-refractivity contribution in [1.82, 2.24) is 0 Å². The third kappa shape index (κ3) is 4.50. The van der Waals surface area contributed by atoms with E-state index in [0.29, 0.717) is 0 Å². The second kappa shape index (κ2) is 3.71. The Balaban J connectivity index is 3.74. The van der Waals surface area contributed by atoms with Crippen LogP contribution in [0.15, 0.2) is 0 Å². The largest absolute Gasteiger partial charge is 0.373 e. The molecule has 0 N–H and O–H groups in total. The van der Waals surface area contributed by atoms with Gasteiger partial charge in [0.2, 0.25) is 6.29 Å². The molecule has 59 valence electrons. The van der Waals surface area contributed by atoms with Crippen molar-refractivity contribution in [2.24, 2.45) is 5.41 Å². The standard InChI is InChI=1S/C8H15O2/c1-8(2,3)5-7(6-9)10-4/h7H,5H2,1-4H3. The monoisotopic (exact) mass is 143 g/mol. The molecule has 0 amide bonds. The first kappa shape index (κ1) is 9.63. The van der Waals surface area contributed by atoms with E-state index in [1.165, 1.54) is 7.11 Å². The van der Waals surface area contributed by atoms with Crippen LogP contribution in [0.2, 0.25) is 0 Å². The molecule has 0 bridgehead atoms. The Labute approximate surface area is 62.6 Å². The third-order valence-electron chi connectivity index (χ3n) is 1.21. The zero-order chi connectivity index (χ0) is 8.20. The molecule has 10 heavy (non-hydrogen) atoms. The van der Waals surface area contributed by atoms with E-state index in [1.54, 1.807) is 0 Å². The molecule has 0 fully saturated rings. The summed E-state index contributed by atoms with van der Waals surface area (Å²) in [4.78, 5) is 10.2. The van der Waals surface area contributed by atoms with Gasteiger partial charge in [-0.25, -0.2) is 0 Å². The summed E-state index contributed by atoms with van der Waals surface area (Å²) in [5.74, 6) is 0. The van der Waals surface area contributed by atoms with Gasteiger partial charge in [0.1, 0.15) is 6.10 Å². The van der Waals surface area contributed by atoms with Crippen molar-refractivity contribution in [2.75, 3.05) is 7.11 Å². The van der Waals surface area contributed by atoms with E-state index in [9.17, 15) is 4.79 Å². The van der Waals surface area contributed by atoms with Crippen LogP contribution in [0.1, 0.15) is 27.2 Å². The lowest BCUT2D eigenvalue weighted by molar-refractivity contribution is 0.113. The van der Waals surface area contributed by atoms with E-state index in [1.807, 2.05) is 6.29 Å². The highest BCUT2D eigenvalue weighted by atomic mass is 16.5. The summed E-state index contributed by atoms with van der Waals surface area (Å²) >= 11 is 0. The maximum atomic E-state index is 10.2. The fraction of sp³-hybridized carbons (Fsp3) is 0.875. The highest BCUT2D eigenvalue weighted by Gasteiger charge is 2.17. The maximum absolute atomic E-state index is 10.2. The van der Waals surface area contributed by atoms with Gasteiger partial charge in [-0.1, -0.05) is 20.8 Å². The average molecular weight is 143 g/mol. The summed E-state index contributed by atoms with van der Waals surface area (Å²) in [5, 5.41) is 0. The topological polar surface area (TPSA) is 26.3 Å². The van der Waals surface area contributed by atoms with Crippen LogP contribution in [-0.4, -0.2) is 19.5 Å². The number of ether oxygens (including phenoxy) is 1. The van der Waals surface area contributed by atoms with Gasteiger partial charge in [-0.3, -0.25) is 4.79 Å². The number of carbonyl (C=O) groups excluding carboxylic acids is 1. The van der Waals surface area contributed by atoms with Crippen LogP contribution in [0.3, 0.4) is 0 Å². The van der Waals surface area contributed by atoms with Crippen molar-refractivity contribution in [2.45, 2.75) is 33.3 Å². The van der Waals surface area contributed by atoms with E-state index < -0.39 is 0 Å². The fourth-order valence-electron chi connectivity index (χ4n) is 0.729. The fourth-order valence-corrected chi connectivity index (χ4v) is 0.729. The quantitative estimate of drug-likeness (QED) is 0.599. The molecule has 0 aliphatic heterocycles. The second-order valence-electron chi connectivity index (χ2n) is 3.61. The van der Waals surface area contributed by atoms with Gasteiger partial charge in [-0.15, -0.1) is 0 Å². The molecule has 0 heterocycles. The van der Waals surface area contributed by atoms with Crippen molar-refractivity contribution < 1.29 is 9.53 Å². The molecule has 0 aliphatic rings. The zero-order valence-corrected chi connectivity index (χ0v) is 7.10. The van der Waals surface area contributed by atoms with Crippen molar-refractivity contribution in [3.63, 3.8) is 0 Å². The predicted octanol–water partition coefficient (Wildman–Crippen LogP) is 1.55. The Kier molecular flexibility index (Phi) is 3.58. The normalized spacial score (nSPS) is 14.8. The summed E-state index contributed by atoms with van der Waals surface area (Å²) in [7, 11) is 1.53. The molecule has 0 aromatic rings. The third-order valence-corrected chi connectivity index (χ3v) is 1.21. The number of hydrogen-bond acceptors (Lipinski definition) is 2. The molecule has 1 atom stereocenters. The molecule has 0 aromatic heterocycles. The van der Waals surface area contributed by atoms with Gasteiger partial charge < -0.3 is 4.74 Å². The molecular formula is C8H15O2. The molecule has 1 unspecified atom stereocenters. The van der Waals surface area contributed by atoms with Crippen LogP contribution in [0, 0.1) is 5.41 Å². The Hall–Kier alpha value is -0.370. The van der Waals surface area contributed by atoms with Gasteiger partial charge in [0.25, 0.3) is 0 Å².